The van der Waals surface area contributed by atoms with E-state index >= 15 is 0 Å². The Hall–Kier alpha value is -0.570. The first kappa shape index (κ1) is 11.9. The lowest BCUT2D eigenvalue weighted by Gasteiger charge is -2.23. The van der Waals surface area contributed by atoms with Gasteiger partial charge < -0.3 is 10.6 Å². The average Bonchev–Trinajstić information content (AvgIpc) is 3.11. The highest BCUT2D eigenvalue weighted by Gasteiger charge is 2.27. The molecule has 0 aromatic heterocycles. The topological polar surface area (TPSA) is 41.1 Å². The molecule has 0 aromatic carbocycles. The zero-order valence-corrected chi connectivity index (χ0v) is 10.3. The summed E-state index contributed by atoms with van der Waals surface area (Å²) >= 11 is 0. The predicted octanol–water partition coefficient (Wildman–Crippen LogP) is 1.82. The Morgan fingerprint density at radius 2 is 1.88 bits per heavy atom. The minimum atomic E-state index is 0.180. The summed E-state index contributed by atoms with van der Waals surface area (Å²) in [6.07, 6.45) is 8.89. The second-order valence-electron chi connectivity index (χ2n) is 5.41. The van der Waals surface area contributed by atoms with E-state index in [4.69, 9.17) is 0 Å². The Kier molecular flexibility index (Phi) is 4.22. The van der Waals surface area contributed by atoms with E-state index in [-0.39, 0.29) is 5.91 Å². The van der Waals surface area contributed by atoms with E-state index in [0.29, 0.717) is 18.6 Å². The van der Waals surface area contributed by atoms with Crippen molar-refractivity contribution in [3.8, 4) is 0 Å². The van der Waals surface area contributed by atoms with Crippen LogP contribution >= 0.6 is 0 Å². The van der Waals surface area contributed by atoms with E-state index in [1.54, 1.807) is 0 Å². The molecule has 0 saturated heterocycles. The summed E-state index contributed by atoms with van der Waals surface area (Å²) in [5.74, 6) is 1.00. The van der Waals surface area contributed by atoms with Gasteiger partial charge in [0.25, 0.3) is 0 Å². The van der Waals surface area contributed by atoms with Crippen LogP contribution in [0.4, 0.5) is 0 Å². The van der Waals surface area contributed by atoms with Crippen molar-refractivity contribution in [3.63, 3.8) is 0 Å². The third kappa shape index (κ3) is 3.78. The molecule has 2 fully saturated rings. The highest BCUT2D eigenvalue weighted by Crippen LogP contribution is 2.32. The van der Waals surface area contributed by atoms with Crippen LogP contribution in [0.25, 0.3) is 0 Å². The Balaban J connectivity index is 1.59. The number of amides is 1. The molecule has 0 heterocycles. The molecule has 2 N–H and O–H groups in total. The Labute approximate surface area is 98.4 Å². The highest BCUT2D eigenvalue weighted by atomic mass is 16.1. The Bertz CT molecular complexity index is 232. The number of carbonyl (C=O) groups excluding carboxylic acids is 1. The van der Waals surface area contributed by atoms with E-state index < -0.39 is 0 Å². The van der Waals surface area contributed by atoms with Crippen LogP contribution in [0.15, 0.2) is 0 Å². The number of rotatable bonds is 5. The van der Waals surface area contributed by atoms with Crippen molar-refractivity contribution in [1.29, 1.82) is 0 Å². The maximum absolute atomic E-state index is 11.7. The lowest BCUT2D eigenvalue weighted by Crippen LogP contribution is -2.43. The number of hydrogen-bond donors (Lipinski definition) is 2. The van der Waals surface area contributed by atoms with Gasteiger partial charge in [-0.2, -0.15) is 0 Å². The fourth-order valence-electron chi connectivity index (χ4n) is 2.54. The van der Waals surface area contributed by atoms with Gasteiger partial charge in [0, 0.05) is 12.1 Å². The molecule has 16 heavy (non-hydrogen) atoms. The second-order valence-corrected chi connectivity index (χ2v) is 5.41. The molecule has 92 valence electrons. The highest BCUT2D eigenvalue weighted by molar-refractivity contribution is 5.78. The molecule has 0 aliphatic heterocycles. The van der Waals surface area contributed by atoms with Gasteiger partial charge in [0.15, 0.2) is 0 Å². The summed E-state index contributed by atoms with van der Waals surface area (Å²) in [5.41, 5.74) is 0. The first-order valence-electron chi connectivity index (χ1n) is 6.78. The predicted molar refractivity (Wildman–Crippen MR) is 65.2 cm³/mol. The summed E-state index contributed by atoms with van der Waals surface area (Å²) < 4.78 is 0. The van der Waals surface area contributed by atoms with E-state index in [2.05, 4.69) is 17.6 Å². The average molecular weight is 224 g/mol. The summed E-state index contributed by atoms with van der Waals surface area (Å²) in [5, 5.41) is 6.45. The van der Waals surface area contributed by atoms with Gasteiger partial charge in [-0.3, -0.25) is 4.79 Å². The summed E-state index contributed by atoms with van der Waals surface area (Å²) in [6, 6.07) is 0.955. The smallest absolute Gasteiger partial charge is 0.234 e. The van der Waals surface area contributed by atoms with E-state index in [1.165, 1.54) is 44.9 Å². The molecule has 2 aliphatic rings. The Morgan fingerprint density at radius 1 is 1.19 bits per heavy atom. The van der Waals surface area contributed by atoms with Crippen molar-refractivity contribution >= 4 is 5.91 Å². The van der Waals surface area contributed by atoms with Gasteiger partial charge in [-0.25, -0.2) is 0 Å². The zero-order chi connectivity index (χ0) is 11.4. The minimum absolute atomic E-state index is 0.180. The van der Waals surface area contributed by atoms with Gasteiger partial charge in [-0.15, -0.1) is 0 Å². The van der Waals surface area contributed by atoms with Gasteiger partial charge in [0.1, 0.15) is 0 Å². The monoisotopic (exact) mass is 224 g/mol. The van der Waals surface area contributed by atoms with Crippen molar-refractivity contribution in [3.05, 3.63) is 0 Å². The Morgan fingerprint density at radius 3 is 2.50 bits per heavy atom. The maximum Gasteiger partial charge on any atom is 0.234 e. The summed E-state index contributed by atoms with van der Waals surface area (Å²) in [4.78, 5) is 11.7. The van der Waals surface area contributed by atoms with Crippen LogP contribution in [0.3, 0.4) is 0 Å². The molecule has 2 aliphatic carbocycles. The van der Waals surface area contributed by atoms with Gasteiger partial charge >= 0.3 is 0 Å². The fourth-order valence-corrected chi connectivity index (χ4v) is 2.54. The van der Waals surface area contributed by atoms with Crippen LogP contribution in [0, 0.1) is 5.92 Å². The number of carbonyl (C=O) groups is 1. The normalized spacial score (nSPS) is 24.1. The molecule has 0 radical (unpaired) electrons. The van der Waals surface area contributed by atoms with E-state index in [0.717, 1.165) is 5.92 Å². The van der Waals surface area contributed by atoms with Crippen molar-refractivity contribution in [2.45, 2.75) is 64.0 Å². The number of nitrogens with one attached hydrogen (secondary N) is 2. The largest absolute Gasteiger partial charge is 0.352 e. The molecule has 0 aromatic rings. The van der Waals surface area contributed by atoms with Gasteiger partial charge in [-0.05, 0) is 38.5 Å². The zero-order valence-electron chi connectivity index (χ0n) is 10.3. The first-order valence-corrected chi connectivity index (χ1v) is 6.78. The molecule has 0 spiro atoms. The lowest BCUT2D eigenvalue weighted by molar-refractivity contribution is -0.121. The van der Waals surface area contributed by atoms with Gasteiger partial charge in [0.05, 0.1) is 6.54 Å². The van der Waals surface area contributed by atoms with Crippen molar-refractivity contribution in [1.82, 2.24) is 10.6 Å². The van der Waals surface area contributed by atoms with Crippen molar-refractivity contribution in [2.75, 3.05) is 6.54 Å². The third-order valence-corrected chi connectivity index (χ3v) is 3.88. The quantitative estimate of drug-likeness (QED) is 0.748. The minimum Gasteiger partial charge on any atom is -0.352 e. The molecule has 3 nitrogen and oxygen atoms in total. The molecule has 3 heteroatoms. The lowest BCUT2D eigenvalue weighted by atomic mass is 9.95. The molecule has 2 saturated carbocycles. The molecule has 1 amide bonds. The molecule has 1 atom stereocenters. The van der Waals surface area contributed by atoms with Crippen LogP contribution in [0.1, 0.15) is 51.9 Å². The van der Waals surface area contributed by atoms with Crippen LogP contribution in [0.2, 0.25) is 0 Å². The van der Waals surface area contributed by atoms with E-state index in [1.807, 2.05) is 0 Å². The van der Waals surface area contributed by atoms with Crippen LogP contribution in [-0.4, -0.2) is 24.5 Å². The van der Waals surface area contributed by atoms with Crippen LogP contribution in [0.5, 0.6) is 0 Å². The van der Waals surface area contributed by atoms with Crippen molar-refractivity contribution < 1.29 is 4.79 Å². The molecule has 0 bridgehead atoms. The van der Waals surface area contributed by atoms with Gasteiger partial charge in [-0.1, -0.05) is 19.3 Å². The number of hydrogen-bond acceptors (Lipinski definition) is 2. The second kappa shape index (κ2) is 5.67. The molecular formula is C13H24N2O. The van der Waals surface area contributed by atoms with Crippen molar-refractivity contribution in [2.24, 2.45) is 5.92 Å². The van der Waals surface area contributed by atoms with Gasteiger partial charge in [0.2, 0.25) is 5.91 Å². The van der Waals surface area contributed by atoms with E-state index in [9.17, 15) is 4.79 Å². The van der Waals surface area contributed by atoms with Crippen LogP contribution in [-0.2, 0) is 4.79 Å². The molecule has 2 rings (SSSR count). The molecule has 1 unspecified atom stereocenters. The van der Waals surface area contributed by atoms with Crippen LogP contribution < -0.4 is 10.6 Å². The summed E-state index contributed by atoms with van der Waals surface area (Å²) in [7, 11) is 0. The molecular weight excluding hydrogens is 200 g/mol. The maximum atomic E-state index is 11.7. The third-order valence-electron chi connectivity index (χ3n) is 3.88. The standard InChI is InChI=1S/C13H24N2O/c1-10(11-7-8-11)14-9-13(16)15-12-5-3-2-4-6-12/h10-12,14H,2-9H2,1H3,(H,15,16). The first-order chi connectivity index (χ1) is 7.75. The fraction of sp³-hybridized carbons (Fsp3) is 0.923. The SMILES string of the molecule is CC(NCC(=O)NC1CCCCC1)C1CC1. The summed E-state index contributed by atoms with van der Waals surface area (Å²) in [6.45, 7) is 2.68.